The van der Waals surface area contributed by atoms with Gasteiger partial charge in [-0.1, -0.05) is 24.3 Å². The molecule has 0 unspecified atom stereocenters. The van der Waals surface area contributed by atoms with Crippen LogP contribution >= 0.6 is 0 Å². The van der Waals surface area contributed by atoms with Crippen LogP contribution < -0.4 is 0 Å². The summed E-state index contributed by atoms with van der Waals surface area (Å²) in [5.74, 6) is -3.91. The van der Waals surface area contributed by atoms with Crippen LogP contribution in [0.25, 0.3) is 11.1 Å². The van der Waals surface area contributed by atoms with Crippen LogP contribution in [0.3, 0.4) is 0 Å². The Kier molecular flexibility index (Phi) is 6.58. The van der Waals surface area contributed by atoms with Gasteiger partial charge in [-0.05, 0) is 66.6 Å². The Bertz CT molecular complexity index is 970. The average Bonchev–Trinajstić information content (AvgIpc) is 2.73. The maximum absolute atomic E-state index is 13.7. The second-order valence-electron chi connectivity index (χ2n) is 8.56. The topological polar surface area (TPSA) is 43.4 Å². The highest BCUT2D eigenvalue weighted by molar-refractivity contribution is 5.89. The largest absolute Gasteiger partial charge is 0.469 e. The summed E-state index contributed by atoms with van der Waals surface area (Å²) in [6, 6.07) is 9.99. The first kappa shape index (κ1) is 23.0. The number of Topliss-reactive ketones (excluding diaryl/α,β-unsaturated/α-hetero) is 1. The van der Waals surface area contributed by atoms with Gasteiger partial charge in [-0.25, -0.2) is 13.2 Å². The normalized spacial score (nSPS) is 17.2. The summed E-state index contributed by atoms with van der Waals surface area (Å²) >= 11 is 0. The zero-order chi connectivity index (χ0) is 22.8. The van der Waals surface area contributed by atoms with E-state index >= 15 is 0 Å². The smallest absolute Gasteiger partial charge is 0.312 e. The van der Waals surface area contributed by atoms with Crippen molar-refractivity contribution >= 4 is 11.8 Å². The average molecular weight is 432 g/mol. The van der Waals surface area contributed by atoms with Gasteiger partial charge in [0.15, 0.2) is 0 Å². The number of esters is 1. The van der Waals surface area contributed by atoms with Crippen molar-refractivity contribution in [2.75, 3.05) is 7.11 Å². The van der Waals surface area contributed by atoms with Crippen molar-refractivity contribution in [3.8, 4) is 11.1 Å². The van der Waals surface area contributed by atoms with E-state index in [1.165, 1.54) is 19.2 Å². The molecule has 0 aromatic heterocycles. The van der Waals surface area contributed by atoms with E-state index in [1.807, 2.05) is 26.0 Å². The molecule has 1 saturated carbocycles. The minimum Gasteiger partial charge on any atom is -0.469 e. The van der Waals surface area contributed by atoms with Crippen LogP contribution in [0.15, 0.2) is 36.4 Å². The van der Waals surface area contributed by atoms with Gasteiger partial charge in [0.25, 0.3) is 0 Å². The van der Waals surface area contributed by atoms with Crippen molar-refractivity contribution in [1.82, 2.24) is 0 Å². The van der Waals surface area contributed by atoms with Gasteiger partial charge in [-0.15, -0.1) is 0 Å². The first-order valence-corrected chi connectivity index (χ1v) is 10.4. The Balaban J connectivity index is 1.84. The van der Waals surface area contributed by atoms with Crippen LogP contribution in [0.2, 0.25) is 0 Å². The summed E-state index contributed by atoms with van der Waals surface area (Å²) in [7, 11) is 1.22. The molecule has 0 saturated heterocycles. The van der Waals surface area contributed by atoms with E-state index in [2.05, 4.69) is 0 Å². The van der Waals surface area contributed by atoms with Crippen molar-refractivity contribution in [2.24, 2.45) is 5.41 Å². The van der Waals surface area contributed by atoms with Gasteiger partial charge < -0.3 is 4.74 Å². The monoisotopic (exact) mass is 432 g/mol. The van der Waals surface area contributed by atoms with Gasteiger partial charge in [0.1, 0.15) is 11.6 Å². The Morgan fingerprint density at radius 2 is 1.58 bits per heavy atom. The Hall–Kier alpha value is -2.63. The van der Waals surface area contributed by atoms with Crippen molar-refractivity contribution in [2.45, 2.75) is 58.3 Å². The van der Waals surface area contributed by atoms with Gasteiger partial charge in [-0.2, -0.15) is 0 Å². The highest BCUT2D eigenvalue weighted by atomic mass is 19.3. The highest BCUT2D eigenvalue weighted by Gasteiger charge is 2.49. The fraction of sp³-hybridized carbons (Fsp3) is 0.440. The van der Waals surface area contributed by atoms with E-state index in [0.717, 1.165) is 27.8 Å². The lowest BCUT2D eigenvalue weighted by Crippen LogP contribution is -2.41. The van der Waals surface area contributed by atoms with Crippen LogP contribution in [-0.2, 0) is 20.7 Å². The molecule has 0 heterocycles. The molecule has 3 rings (SSSR count). The molecule has 0 atom stereocenters. The molecule has 6 heteroatoms. The molecule has 2 aromatic rings. The number of ether oxygens (including phenoxy) is 1. The fourth-order valence-corrected chi connectivity index (χ4v) is 4.51. The molecule has 1 fully saturated rings. The van der Waals surface area contributed by atoms with Crippen molar-refractivity contribution in [3.05, 3.63) is 58.9 Å². The number of ketones is 1. The summed E-state index contributed by atoms with van der Waals surface area (Å²) in [5.41, 5.74) is 3.22. The summed E-state index contributed by atoms with van der Waals surface area (Å²) in [6.45, 7) is 3.81. The van der Waals surface area contributed by atoms with Crippen molar-refractivity contribution in [1.29, 1.82) is 0 Å². The summed E-state index contributed by atoms with van der Waals surface area (Å²) in [5, 5.41) is 0. The maximum atomic E-state index is 13.7. The van der Waals surface area contributed by atoms with Crippen LogP contribution in [-0.4, -0.2) is 24.8 Å². The number of alkyl halides is 2. The molecule has 0 aliphatic heterocycles. The molecule has 3 nitrogen and oxygen atoms in total. The van der Waals surface area contributed by atoms with Crippen LogP contribution in [0.5, 0.6) is 0 Å². The zero-order valence-electron chi connectivity index (χ0n) is 18.1. The lowest BCUT2D eigenvalue weighted by molar-refractivity contribution is -0.163. The highest BCUT2D eigenvalue weighted by Crippen LogP contribution is 2.46. The summed E-state index contributed by atoms with van der Waals surface area (Å²) < 4.78 is 45.5. The molecule has 1 aliphatic rings. The molecule has 2 aromatic carbocycles. The standard InChI is InChI=1S/C25H27F3O3/c1-16-4-9-21(18-5-7-19(26)8-6-18)17(2)22(16)14-20(29)15-24(23(30)31-3)10-12-25(27,28)13-11-24/h4-9H,10-15H2,1-3H3. The summed E-state index contributed by atoms with van der Waals surface area (Å²) in [4.78, 5) is 25.5. The molecular formula is C25H27F3O3. The lowest BCUT2D eigenvalue weighted by Gasteiger charge is -2.37. The molecular weight excluding hydrogens is 405 g/mol. The molecule has 166 valence electrons. The Morgan fingerprint density at radius 1 is 0.968 bits per heavy atom. The van der Waals surface area contributed by atoms with E-state index in [1.54, 1.807) is 12.1 Å². The molecule has 0 amide bonds. The maximum Gasteiger partial charge on any atom is 0.312 e. The predicted molar refractivity (Wildman–Crippen MR) is 113 cm³/mol. The number of carbonyl (C=O) groups is 2. The minimum absolute atomic E-state index is 0.0635. The summed E-state index contributed by atoms with van der Waals surface area (Å²) in [6.07, 6.45) is -0.990. The van der Waals surface area contributed by atoms with Crippen molar-refractivity contribution in [3.63, 3.8) is 0 Å². The second kappa shape index (κ2) is 8.85. The first-order chi connectivity index (χ1) is 14.6. The SMILES string of the molecule is COC(=O)C1(CC(=O)Cc2c(C)ccc(-c3ccc(F)cc3)c2C)CCC(F)(F)CC1. The van der Waals surface area contributed by atoms with E-state index < -0.39 is 30.1 Å². The Morgan fingerprint density at radius 3 is 2.16 bits per heavy atom. The van der Waals surface area contributed by atoms with Gasteiger partial charge in [0, 0.05) is 25.7 Å². The minimum atomic E-state index is -2.81. The first-order valence-electron chi connectivity index (χ1n) is 10.4. The Labute approximate surface area is 180 Å². The number of methoxy groups -OCH3 is 1. The van der Waals surface area contributed by atoms with Crippen molar-refractivity contribution < 1.29 is 27.5 Å². The number of aryl methyl sites for hydroxylation is 1. The second-order valence-corrected chi connectivity index (χ2v) is 8.56. The molecule has 0 radical (unpaired) electrons. The van der Waals surface area contributed by atoms with Gasteiger partial charge >= 0.3 is 5.97 Å². The number of hydrogen-bond donors (Lipinski definition) is 0. The number of rotatable bonds is 6. The quantitative estimate of drug-likeness (QED) is 0.528. The lowest BCUT2D eigenvalue weighted by atomic mass is 9.69. The third-order valence-corrected chi connectivity index (χ3v) is 6.45. The van der Waals surface area contributed by atoms with E-state index in [0.29, 0.717) is 0 Å². The van der Waals surface area contributed by atoms with Gasteiger partial charge in [0.2, 0.25) is 5.92 Å². The third-order valence-electron chi connectivity index (χ3n) is 6.45. The number of halogens is 3. The van der Waals surface area contributed by atoms with Crippen LogP contribution in [0.4, 0.5) is 13.2 Å². The van der Waals surface area contributed by atoms with E-state index in [-0.39, 0.29) is 37.3 Å². The predicted octanol–water partition coefficient (Wildman–Crippen LogP) is 5.98. The van der Waals surface area contributed by atoms with Crippen LogP contribution in [0.1, 0.15) is 48.8 Å². The number of benzene rings is 2. The molecule has 31 heavy (non-hydrogen) atoms. The van der Waals surface area contributed by atoms with E-state index in [4.69, 9.17) is 4.74 Å². The molecule has 0 spiro atoms. The van der Waals surface area contributed by atoms with Gasteiger partial charge in [0.05, 0.1) is 12.5 Å². The van der Waals surface area contributed by atoms with Crippen LogP contribution in [0, 0.1) is 25.1 Å². The van der Waals surface area contributed by atoms with E-state index in [9.17, 15) is 22.8 Å². The van der Waals surface area contributed by atoms with Gasteiger partial charge in [-0.3, -0.25) is 9.59 Å². The molecule has 1 aliphatic carbocycles. The fourth-order valence-electron chi connectivity index (χ4n) is 4.51. The molecule has 0 N–H and O–H groups in total. The number of hydrogen-bond acceptors (Lipinski definition) is 3. The molecule has 0 bridgehead atoms. The third kappa shape index (κ3) is 5.00. The zero-order valence-corrected chi connectivity index (χ0v) is 18.1. The number of carbonyl (C=O) groups excluding carboxylic acids is 2.